The van der Waals surface area contributed by atoms with Gasteiger partial charge in [0.1, 0.15) is 11.6 Å². The molecule has 0 saturated carbocycles. The molecule has 4 aromatic heterocycles. The fourth-order valence-electron chi connectivity index (χ4n) is 9.47. The Morgan fingerprint density at radius 1 is 0.632 bits per heavy atom. The van der Waals surface area contributed by atoms with Crippen molar-refractivity contribution in [3.8, 4) is 0 Å². The highest BCUT2D eigenvalue weighted by molar-refractivity contribution is 6.28. The van der Waals surface area contributed by atoms with Crippen LogP contribution in [0, 0.1) is 37.3 Å². The molecule has 1 N–H and O–H groups in total. The fraction of sp³-hybridized carbons (Fsp3) is 0.440. The van der Waals surface area contributed by atoms with Crippen LogP contribution >= 0.6 is 24.0 Å². The molecule has 0 spiro atoms. The summed E-state index contributed by atoms with van der Waals surface area (Å²) in [4.78, 5) is 48.1. The lowest BCUT2D eigenvalue weighted by Crippen LogP contribution is -2.40. The molecule has 4 aliphatic heterocycles. The van der Waals surface area contributed by atoms with Crippen molar-refractivity contribution < 1.29 is 18.4 Å². The molecule has 18 heteroatoms. The van der Waals surface area contributed by atoms with Gasteiger partial charge in [-0.3, -0.25) is 19.0 Å². The van der Waals surface area contributed by atoms with Crippen molar-refractivity contribution in [2.45, 2.75) is 91.4 Å². The van der Waals surface area contributed by atoms with Crippen LogP contribution in [0.25, 0.3) is 0 Å². The molecule has 0 radical (unpaired) electrons. The van der Waals surface area contributed by atoms with Crippen LogP contribution in [0.5, 0.6) is 0 Å². The van der Waals surface area contributed by atoms with Gasteiger partial charge < -0.3 is 20.0 Å². The number of carbonyl (C=O) groups is 2. The van der Waals surface area contributed by atoms with Crippen LogP contribution in [0.2, 0.25) is 5.28 Å². The third-order valence-electron chi connectivity index (χ3n) is 13.2. The Morgan fingerprint density at radius 2 is 1.06 bits per heavy atom. The van der Waals surface area contributed by atoms with E-state index in [4.69, 9.17) is 21.8 Å². The molecular formula is C50H60Cl2F2N12O2. The van der Waals surface area contributed by atoms with Crippen LogP contribution in [-0.4, -0.2) is 100 Å². The molecule has 8 heterocycles. The van der Waals surface area contributed by atoms with Gasteiger partial charge in [-0.1, -0.05) is 24.3 Å². The highest BCUT2D eigenvalue weighted by Crippen LogP contribution is 2.29. The average molecular weight is 970 g/mol. The van der Waals surface area contributed by atoms with Crippen LogP contribution in [0.4, 0.5) is 14.7 Å². The maximum absolute atomic E-state index is 13.3. The van der Waals surface area contributed by atoms with Gasteiger partial charge in [-0.25, -0.2) is 28.7 Å². The number of piperidine rings is 2. The summed E-state index contributed by atoms with van der Waals surface area (Å²) in [6, 6.07) is 16.6. The number of rotatable bonds is 9. The van der Waals surface area contributed by atoms with Gasteiger partial charge in [-0.05, 0) is 148 Å². The topological polar surface area (TPSA) is 143 Å². The Bertz CT molecular complexity index is 2550. The summed E-state index contributed by atoms with van der Waals surface area (Å²) in [6.07, 6.45) is 13.8. The Morgan fingerprint density at radius 3 is 1.49 bits per heavy atom. The third kappa shape index (κ3) is 13.2. The second-order valence-corrected chi connectivity index (χ2v) is 18.2. The molecule has 0 bridgehead atoms. The van der Waals surface area contributed by atoms with E-state index in [9.17, 15) is 18.4 Å². The largest absolute Gasteiger partial charge is 0.341 e. The van der Waals surface area contributed by atoms with E-state index in [1.165, 1.54) is 35.4 Å². The summed E-state index contributed by atoms with van der Waals surface area (Å²) in [7, 11) is 0. The highest BCUT2D eigenvalue weighted by atomic mass is 35.5. The Kier molecular flexibility index (Phi) is 17.6. The van der Waals surface area contributed by atoms with Crippen LogP contribution < -0.4 is 10.2 Å². The highest BCUT2D eigenvalue weighted by Gasteiger charge is 2.30. The minimum absolute atomic E-state index is 0. The van der Waals surface area contributed by atoms with E-state index in [1.807, 2.05) is 39.1 Å². The monoisotopic (exact) mass is 968 g/mol. The van der Waals surface area contributed by atoms with Gasteiger partial charge in [-0.15, -0.1) is 12.4 Å². The molecule has 68 heavy (non-hydrogen) atoms. The van der Waals surface area contributed by atoms with Gasteiger partial charge in [0.05, 0.1) is 49.0 Å². The zero-order chi connectivity index (χ0) is 46.7. The number of aryl methyl sites for hydroxylation is 2. The molecular weight excluding hydrogens is 910 g/mol. The molecule has 0 aliphatic carbocycles. The van der Waals surface area contributed by atoms with E-state index in [2.05, 4.69) is 30.2 Å². The molecule has 2 saturated heterocycles. The molecule has 4 aliphatic rings. The average Bonchev–Trinajstić information content (AvgIpc) is 3.84. The molecule has 0 unspecified atom stereocenters. The van der Waals surface area contributed by atoms with Crippen molar-refractivity contribution in [2.75, 3.05) is 44.2 Å². The van der Waals surface area contributed by atoms with E-state index in [1.54, 1.807) is 55.1 Å². The van der Waals surface area contributed by atoms with Crippen LogP contribution in [0.15, 0.2) is 85.5 Å². The molecule has 2 amide bonds. The summed E-state index contributed by atoms with van der Waals surface area (Å²) in [5.41, 5.74) is 8.82. The number of hydrogen-bond donors (Lipinski definition) is 1. The van der Waals surface area contributed by atoms with Crippen molar-refractivity contribution in [2.24, 2.45) is 11.8 Å². The van der Waals surface area contributed by atoms with E-state index >= 15 is 0 Å². The molecule has 2 aromatic carbocycles. The zero-order valence-electron chi connectivity index (χ0n) is 38.7. The number of hydrogen-bond acceptors (Lipinski definition) is 10. The Balaban J connectivity index is 0.000000176. The number of halogens is 4. The SMILES string of the molecule is Cc1nn(Cc2ccc(F)cc2)c2c1CCN(C(=O)CC1CCN(c3ncccn3)CC1)C2.Cc1nn(Cc2ccc(F)cc2)c2c1CCN(C(=O)CC1CCNCC1)C2.Cl.Clc1ncccn1. The number of aromatic nitrogens is 8. The van der Waals surface area contributed by atoms with E-state index in [0.717, 1.165) is 118 Å². The van der Waals surface area contributed by atoms with Gasteiger partial charge in [-0.2, -0.15) is 10.2 Å². The Hall–Kier alpha value is -5.84. The minimum Gasteiger partial charge on any atom is -0.341 e. The molecule has 0 atom stereocenters. The number of anilines is 1. The normalized spacial score (nSPS) is 16.0. The summed E-state index contributed by atoms with van der Waals surface area (Å²) >= 11 is 5.32. The van der Waals surface area contributed by atoms with E-state index in [-0.39, 0.29) is 35.9 Å². The van der Waals surface area contributed by atoms with Gasteiger partial charge in [0.2, 0.25) is 23.0 Å². The van der Waals surface area contributed by atoms with Gasteiger partial charge >= 0.3 is 0 Å². The lowest BCUT2D eigenvalue weighted by Gasteiger charge is -2.33. The van der Waals surface area contributed by atoms with E-state index < -0.39 is 0 Å². The third-order valence-corrected chi connectivity index (χ3v) is 13.4. The number of fused-ring (bicyclic) bond motifs is 2. The van der Waals surface area contributed by atoms with Crippen LogP contribution in [0.1, 0.15) is 83.6 Å². The number of nitrogens with one attached hydrogen (secondary N) is 1. The fourth-order valence-corrected chi connectivity index (χ4v) is 9.59. The second-order valence-electron chi connectivity index (χ2n) is 17.8. The lowest BCUT2D eigenvalue weighted by molar-refractivity contribution is -0.134. The standard InChI is InChI=1S/C25H29FN6O.C21H27FN4O.C4H3ClN2.ClH/c1-18-22-9-14-31(17-23(22)32(29-18)16-20-3-5-21(26)6-4-20)24(33)15-19-7-12-30(13-8-19)25-27-10-2-11-28-25;1-15-19-8-11-25(21(27)12-16-6-9-23-10-7-16)14-20(19)26(24-15)13-17-2-4-18(22)5-3-17;5-4-6-2-1-3-7-4;/h2-6,10-11,19H,7-9,12-17H2,1H3;2-5,16,23H,6-14H2,1H3;1-3H;1H. The van der Waals surface area contributed by atoms with E-state index in [0.29, 0.717) is 56.1 Å². The smallest absolute Gasteiger partial charge is 0.225 e. The summed E-state index contributed by atoms with van der Waals surface area (Å²) in [6.45, 7) is 11.8. The first-order valence-corrected chi connectivity index (χ1v) is 23.7. The molecule has 2 fully saturated rings. The van der Waals surface area contributed by atoms with Gasteiger partial charge in [0, 0.05) is 63.8 Å². The number of amides is 2. The molecule has 6 aromatic rings. The molecule has 360 valence electrons. The van der Waals surface area contributed by atoms with Gasteiger partial charge in [0.15, 0.2) is 0 Å². The van der Waals surface area contributed by atoms with Gasteiger partial charge in [0.25, 0.3) is 0 Å². The summed E-state index contributed by atoms with van der Waals surface area (Å²) in [5.74, 6) is 1.69. The van der Waals surface area contributed by atoms with Crippen molar-refractivity contribution in [3.63, 3.8) is 0 Å². The first-order chi connectivity index (χ1) is 32.6. The number of carbonyl (C=O) groups excluding carboxylic acids is 2. The van der Waals surface area contributed by atoms with Crippen molar-refractivity contribution in [1.29, 1.82) is 0 Å². The first-order valence-electron chi connectivity index (χ1n) is 23.4. The zero-order valence-corrected chi connectivity index (χ0v) is 40.3. The quantitative estimate of drug-likeness (QED) is 0.144. The minimum atomic E-state index is -0.240. The molecule has 10 rings (SSSR count). The van der Waals surface area contributed by atoms with Crippen molar-refractivity contribution in [1.82, 2.24) is 54.6 Å². The van der Waals surface area contributed by atoms with Crippen molar-refractivity contribution >= 4 is 41.8 Å². The lowest BCUT2D eigenvalue weighted by atomic mass is 9.92. The van der Waals surface area contributed by atoms with Crippen LogP contribution in [0.3, 0.4) is 0 Å². The van der Waals surface area contributed by atoms with Crippen molar-refractivity contribution in [3.05, 3.63) is 147 Å². The maximum Gasteiger partial charge on any atom is 0.225 e. The Labute approximate surface area is 407 Å². The summed E-state index contributed by atoms with van der Waals surface area (Å²) < 4.78 is 30.4. The van der Waals surface area contributed by atoms with Crippen LogP contribution in [-0.2, 0) is 48.6 Å². The molecule has 14 nitrogen and oxygen atoms in total. The predicted molar refractivity (Wildman–Crippen MR) is 259 cm³/mol. The second kappa shape index (κ2) is 23.9. The first kappa shape index (κ1) is 50.0. The predicted octanol–water partition coefficient (Wildman–Crippen LogP) is 7.57. The number of benzene rings is 2. The maximum atomic E-state index is 13.3. The summed E-state index contributed by atoms with van der Waals surface area (Å²) in [5, 5.41) is 13.1. The number of nitrogens with zero attached hydrogens (tertiary/aromatic N) is 11.